The number of carbonyl (C=O) groups excluding carboxylic acids is 1. The summed E-state index contributed by atoms with van der Waals surface area (Å²) in [7, 11) is 1.57. The van der Waals surface area contributed by atoms with E-state index in [0.29, 0.717) is 49.7 Å². The van der Waals surface area contributed by atoms with Gasteiger partial charge in [-0.1, -0.05) is 17.7 Å². The number of carboxylic acid groups (broad SMARTS) is 1. The smallest absolute Gasteiger partial charge is 0.309 e. The maximum absolute atomic E-state index is 12.5. The molecule has 27 heavy (non-hydrogen) atoms. The Balaban J connectivity index is 1.47. The number of carbonyl (C=O) groups is 2. The Morgan fingerprint density at radius 3 is 2.67 bits per heavy atom. The zero-order chi connectivity index (χ0) is 19.4. The molecule has 1 unspecified atom stereocenters. The third kappa shape index (κ3) is 4.74. The number of rotatable bonds is 6. The number of ether oxygens (including phenoxy) is 2. The largest absolute Gasteiger partial charge is 0.495 e. The van der Waals surface area contributed by atoms with Gasteiger partial charge in [-0.3, -0.25) is 9.59 Å². The molecule has 6 nitrogen and oxygen atoms in total. The number of benzene rings is 1. The Bertz CT molecular complexity index is 687. The first-order valence-corrected chi connectivity index (χ1v) is 9.82. The molecule has 2 atom stereocenters. The van der Waals surface area contributed by atoms with E-state index in [1.807, 2.05) is 23.1 Å². The highest BCUT2D eigenvalue weighted by atomic mass is 35.5. The summed E-state index contributed by atoms with van der Waals surface area (Å²) in [5.74, 6) is -0.200. The van der Waals surface area contributed by atoms with Crippen molar-refractivity contribution in [2.45, 2.75) is 38.2 Å². The lowest BCUT2D eigenvalue weighted by Gasteiger charge is -2.35. The molecule has 2 heterocycles. The van der Waals surface area contributed by atoms with Crippen molar-refractivity contribution in [3.63, 3.8) is 0 Å². The number of methoxy groups -OCH3 is 1. The molecular weight excluding hydrogens is 370 g/mol. The van der Waals surface area contributed by atoms with Crippen molar-refractivity contribution >= 4 is 23.5 Å². The fraction of sp³-hybridized carbons (Fsp3) is 0.600. The number of likely N-dealkylation sites (tertiary alicyclic amines) is 1. The van der Waals surface area contributed by atoms with Gasteiger partial charge in [-0.05, 0) is 49.3 Å². The van der Waals surface area contributed by atoms with E-state index in [9.17, 15) is 14.7 Å². The number of hydrogen-bond donors (Lipinski definition) is 1. The highest BCUT2D eigenvalue weighted by Gasteiger charge is 2.40. The zero-order valence-electron chi connectivity index (χ0n) is 15.5. The summed E-state index contributed by atoms with van der Waals surface area (Å²) in [5.41, 5.74) is 1.01. The van der Waals surface area contributed by atoms with Gasteiger partial charge in [-0.25, -0.2) is 0 Å². The van der Waals surface area contributed by atoms with Crippen LogP contribution in [0.3, 0.4) is 0 Å². The number of halogens is 1. The zero-order valence-corrected chi connectivity index (χ0v) is 16.3. The van der Waals surface area contributed by atoms with Crippen LogP contribution >= 0.6 is 11.6 Å². The molecule has 0 bridgehead atoms. The summed E-state index contributed by atoms with van der Waals surface area (Å²) in [6.45, 7) is 1.85. The Labute approximate surface area is 164 Å². The average Bonchev–Trinajstić information content (AvgIpc) is 3.16. The van der Waals surface area contributed by atoms with E-state index in [0.717, 1.165) is 18.4 Å². The second kappa shape index (κ2) is 8.93. The topological polar surface area (TPSA) is 76.1 Å². The van der Waals surface area contributed by atoms with E-state index in [4.69, 9.17) is 21.1 Å². The summed E-state index contributed by atoms with van der Waals surface area (Å²) in [5, 5.41) is 9.87. The van der Waals surface area contributed by atoms with Crippen LogP contribution < -0.4 is 4.74 Å². The molecule has 2 saturated heterocycles. The molecule has 3 rings (SSSR count). The summed E-state index contributed by atoms with van der Waals surface area (Å²) >= 11 is 6.13. The van der Waals surface area contributed by atoms with E-state index >= 15 is 0 Å². The van der Waals surface area contributed by atoms with Crippen LogP contribution in [0.5, 0.6) is 5.75 Å². The minimum absolute atomic E-state index is 0.127. The van der Waals surface area contributed by atoms with Gasteiger partial charge in [0.25, 0.3) is 0 Å². The molecule has 1 N–H and O–H groups in total. The van der Waals surface area contributed by atoms with Crippen molar-refractivity contribution in [3.05, 3.63) is 28.8 Å². The number of aryl methyl sites for hydroxylation is 1. The van der Waals surface area contributed by atoms with Gasteiger partial charge >= 0.3 is 5.97 Å². The Hall–Kier alpha value is -1.79. The average molecular weight is 396 g/mol. The molecule has 2 fully saturated rings. The van der Waals surface area contributed by atoms with E-state index in [1.165, 1.54) is 0 Å². The van der Waals surface area contributed by atoms with Gasteiger partial charge in [0.2, 0.25) is 5.91 Å². The number of piperidine rings is 1. The van der Waals surface area contributed by atoms with Crippen molar-refractivity contribution < 1.29 is 24.2 Å². The lowest BCUT2D eigenvalue weighted by Crippen LogP contribution is -2.43. The van der Waals surface area contributed by atoms with Gasteiger partial charge in [-0.2, -0.15) is 0 Å². The fourth-order valence-corrected chi connectivity index (χ4v) is 4.37. The van der Waals surface area contributed by atoms with Gasteiger partial charge in [0.15, 0.2) is 0 Å². The second-order valence-corrected chi connectivity index (χ2v) is 7.66. The molecule has 0 aliphatic carbocycles. The van der Waals surface area contributed by atoms with Crippen molar-refractivity contribution in [2.24, 2.45) is 11.8 Å². The molecule has 0 aromatic heterocycles. The van der Waals surface area contributed by atoms with Crippen LogP contribution in [0, 0.1) is 11.8 Å². The standard InChI is InChI=1S/C20H26ClNO5/c1-26-17-4-2-13(12-16(17)21)3-5-18(23)22-9-6-14(7-10-22)19-15(20(24)25)8-11-27-19/h2,4,12,14-15,19H,3,5-11H2,1H3,(H,24,25)/t15?,19-/m0/s1. The predicted molar refractivity (Wildman–Crippen MR) is 101 cm³/mol. The molecule has 7 heteroatoms. The molecule has 2 aliphatic rings. The van der Waals surface area contributed by atoms with Crippen LogP contribution in [0.1, 0.15) is 31.2 Å². The minimum Gasteiger partial charge on any atom is -0.495 e. The second-order valence-electron chi connectivity index (χ2n) is 7.26. The number of carboxylic acids is 1. The Kier molecular flexibility index (Phi) is 6.60. The molecular formula is C20H26ClNO5. The normalized spacial score (nSPS) is 23.4. The van der Waals surface area contributed by atoms with Crippen molar-refractivity contribution in [3.8, 4) is 5.75 Å². The number of hydrogen-bond acceptors (Lipinski definition) is 4. The highest BCUT2D eigenvalue weighted by Crippen LogP contribution is 2.33. The van der Waals surface area contributed by atoms with Gasteiger partial charge in [-0.15, -0.1) is 0 Å². The van der Waals surface area contributed by atoms with Crippen LogP contribution in [0.25, 0.3) is 0 Å². The number of nitrogens with zero attached hydrogens (tertiary/aromatic N) is 1. The van der Waals surface area contributed by atoms with Crippen LogP contribution in [0.2, 0.25) is 5.02 Å². The molecule has 0 saturated carbocycles. The van der Waals surface area contributed by atoms with Gasteiger partial charge in [0.05, 0.1) is 24.2 Å². The lowest BCUT2D eigenvalue weighted by molar-refractivity contribution is -0.146. The maximum atomic E-state index is 12.5. The molecule has 0 spiro atoms. The summed E-state index contributed by atoms with van der Waals surface area (Å²) in [4.78, 5) is 25.8. The first-order chi connectivity index (χ1) is 13.0. The first kappa shape index (κ1) is 20.0. The van der Waals surface area contributed by atoms with Crippen LogP contribution in [-0.4, -0.2) is 54.8 Å². The highest BCUT2D eigenvalue weighted by molar-refractivity contribution is 6.32. The molecule has 1 aromatic carbocycles. The molecule has 0 radical (unpaired) electrons. The number of amides is 1. The van der Waals surface area contributed by atoms with Crippen LogP contribution in [0.4, 0.5) is 0 Å². The molecule has 1 aromatic rings. The van der Waals surface area contributed by atoms with Gasteiger partial charge < -0.3 is 19.5 Å². The summed E-state index contributed by atoms with van der Waals surface area (Å²) in [6.07, 6.45) is 3.05. The Morgan fingerprint density at radius 2 is 2.04 bits per heavy atom. The first-order valence-electron chi connectivity index (χ1n) is 9.44. The summed E-state index contributed by atoms with van der Waals surface area (Å²) < 4.78 is 10.8. The summed E-state index contributed by atoms with van der Waals surface area (Å²) in [6, 6.07) is 5.57. The monoisotopic (exact) mass is 395 g/mol. The quantitative estimate of drug-likeness (QED) is 0.801. The van der Waals surface area contributed by atoms with Crippen LogP contribution in [0.15, 0.2) is 18.2 Å². The van der Waals surface area contributed by atoms with Gasteiger partial charge in [0.1, 0.15) is 5.75 Å². The molecule has 1 amide bonds. The van der Waals surface area contributed by atoms with E-state index in [-0.39, 0.29) is 17.9 Å². The fourth-order valence-electron chi connectivity index (χ4n) is 4.09. The molecule has 2 aliphatic heterocycles. The van der Waals surface area contributed by atoms with Crippen molar-refractivity contribution in [2.75, 3.05) is 26.8 Å². The lowest BCUT2D eigenvalue weighted by atomic mass is 9.84. The van der Waals surface area contributed by atoms with E-state index in [1.54, 1.807) is 7.11 Å². The van der Waals surface area contributed by atoms with E-state index < -0.39 is 11.9 Å². The van der Waals surface area contributed by atoms with Crippen molar-refractivity contribution in [1.82, 2.24) is 4.90 Å². The minimum atomic E-state index is -0.769. The Morgan fingerprint density at radius 1 is 1.30 bits per heavy atom. The predicted octanol–water partition coefficient (Wildman–Crippen LogP) is 3.01. The maximum Gasteiger partial charge on any atom is 0.309 e. The van der Waals surface area contributed by atoms with Crippen LogP contribution in [-0.2, 0) is 20.7 Å². The van der Waals surface area contributed by atoms with Gasteiger partial charge in [0, 0.05) is 26.1 Å². The SMILES string of the molecule is COc1ccc(CCC(=O)N2CCC([C@@H]3OCCC3C(=O)O)CC2)cc1Cl. The number of aliphatic carboxylic acids is 1. The third-order valence-electron chi connectivity index (χ3n) is 5.65. The van der Waals surface area contributed by atoms with Crippen molar-refractivity contribution in [1.29, 1.82) is 0 Å². The third-order valence-corrected chi connectivity index (χ3v) is 5.95. The molecule has 148 valence electrons. The van der Waals surface area contributed by atoms with E-state index in [2.05, 4.69) is 0 Å².